The molecule has 0 radical (unpaired) electrons. The number of rotatable bonds is 28. The average Bonchev–Trinajstić information content (AvgIpc) is 2.87. The number of unbranched alkanes of at least 4 members (excludes halogenated alkanes) is 16. The van der Waals surface area contributed by atoms with Crippen LogP contribution in [0.4, 0.5) is 0 Å². The van der Waals surface area contributed by atoms with E-state index in [0.717, 1.165) is 25.7 Å². The summed E-state index contributed by atoms with van der Waals surface area (Å²) in [6.45, 7) is 5.61. The Bertz CT molecular complexity index is 482. The van der Waals surface area contributed by atoms with Crippen molar-refractivity contribution < 1.29 is 28.5 Å². The van der Waals surface area contributed by atoms with E-state index in [1.807, 2.05) is 0 Å². The second kappa shape index (κ2) is 28.4. The minimum Gasteiger partial charge on any atom is -0.462 e. The lowest BCUT2D eigenvalue weighted by molar-refractivity contribution is -0.163. The molecule has 0 heterocycles. The predicted octanol–water partition coefficient (Wildman–Crippen LogP) is 7.95. The lowest BCUT2D eigenvalue weighted by Gasteiger charge is -2.18. The minimum absolute atomic E-state index is 0.0484. The van der Waals surface area contributed by atoms with Gasteiger partial charge in [0.25, 0.3) is 0 Å². The SMILES string of the molecule is CCCCCCCCCCCC(=O)OC[C@H](COCCOC)OC(=O)CCCCCCCCCCC. The molecule has 0 aromatic rings. The lowest BCUT2D eigenvalue weighted by atomic mass is 10.1. The van der Waals surface area contributed by atoms with E-state index in [1.54, 1.807) is 7.11 Å². The first kappa shape index (κ1) is 34.9. The molecule has 0 fully saturated rings. The molecule has 1 atom stereocenters. The van der Waals surface area contributed by atoms with Gasteiger partial charge in [-0.2, -0.15) is 0 Å². The molecule has 0 amide bonds. The van der Waals surface area contributed by atoms with E-state index in [0.29, 0.717) is 26.1 Å². The molecule has 0 N–H and O–H groups in total. The van der Waals surface area contributed by atoms with E-state index in [-0.39, 0.29) is 25.2 Å². The number of ether oxygens (including phenoxy) is 4. The summed E-state index contributed by atoms with van der Waals surface area (Å²) in [6.07, 6.45) is 22.0. The molecule has 6 nitrogen and oxygen atoms in total. The van der Waals surface area contributed by atoms with Crippen LogP contribution >= 0.6 is 0 Å². The normalized spacial score (nSPS) is 12.0. The standard InChI is InChI=1S/C30H58O6/c1-4-6-8-10-12-14-16-18-20-22-29(31)35-27-28(26-34-25-24-33-3)36-30(32)23-21-19-17-15-13-11-9-7-5-2/h28H,4-27H2,1-3H3/t28-/m0/s1. The molecular formula is C30H58O6. The first-order valence-electron chi connectivity index (χ1n) is 15.1. The molecule has 0 bridgehead atoms. The molecule has 0 aliphatic rings. The number of carbonyl (C=O) groups excluding carboxylic acids is 2. The molecule has 0 aliphatic heterocycles. The summed E-state index contributed by atoms with van der Waals surface area (Å²) in [5, 5.41) is 0. The van der Waals surface area contributed by atoms with Crippen LogP contribution in [0.25, 0.3) is 0 Å². The van der Waals surface area contributed by atoms with Gasteiger partial charge in [0.05, 0.1) is 19.8 Å². The van der Waals surface area contributed by atoms with Crippen molar-refractivity contribution in [1.82, 2.24) is 0 Å². The maximum atomic E-state index is 12.3. The van der Waals surface area contributed by atoms with Crippen molar-refractivity contribution in [1.29, 1.82) is 0 Å². The molecule has 0 spiro atoms. The van der Waals surface area contributed by atoms with Gasteiger partial charge in [0.15, 0.2) is 6.10 Å². The van der Waals surface area contributed by atoms with Crippen LogP contribution in [0.3, 0.4) is 0 Å². The fraction of sp³-hybridized carbons (Fsp3) is 0.933. The monoisotopic (exact) mass is 514 g/mol. The number of hydrogen-bond donors (Lipinski definition) is 0. The van der Waals surface area contributed by atoms with Gasteiger partial charge in [-0.05, 0) is 12.8 Å². The average molecular weight is 515 g/mol. The Kier molecular flexibility index (Phi) is 27.5. The van der Waals surface area contributed by atoms with Crippen molar-refractivity contribution in [3.63, 3.8) is 0 Å². The summed E-state index contributed by atoms with van der Waals surface area (Å²) in [6, 6.07) is 0. The Hall–Kier alpha value is -1.14. The van der Waals surface area contributed by atoms with E-state index in [1.165, 1.54) is 89.9 Å². The highest BCUT2D eigenvalue weighted by Crippen LogP contribution is 2.13. The third-order valence-electron chi connectivity index (χ3n) is 6.43. The molecule has 0 saturated heterocycles. The van der Waals surface area contributed by atoms with Crippen molar-refractivity contribution in [3.8, 4) is 0 Å². The highest BCUT2D eigenvalue weighted by Gasteiger charge is 2.17. The Morgan fingerprint density at radius 2 is 1.00 bits per heavy atom. The van der Waals surface area contributed by atoms with Gasteiger partial charge in [-0.15, -0.1) is 0 Å². The zero-order valence-electron chi connectivity index (χ0n) is 24.0. The number of methoxy groups -OCH3 is 1. The van der Waals surface area contributed by atoms with Crippen LogP contribution < -0.4 is 0 Å². The van der Waals surface area contributed by atoms with Crippen LogP contribution in [-0.2, 0) is 28.5 Å². The second-order valence-corrected chi connectivity index (χ2v) is 10.0. The fourth-order valence-electron chi connectivity index (χ4n) is 4.14. The first-order valence-corrected chi connectivity index (χ1v) is 15.1. The summed E-state index contributed by atoms with van der Waals surface area (Å²) in [5.74, 6) is -0.469. The minimum atomic E-state index is -0.569. The molecule has 0 aromatic heterocycles. The van der Waals surface area contributed by atoms with E-state index in [2.05, 4.69) is 13.8 Å². The van der Waals surface area contributed by atoms with Gasteiger partial charge in [-0.3, -0.25) is 9.59 Å². The highest BCUT2D eigenvalue weighted by atomic mass is 16.6. The predicted molar refractivity (Wildman–Crippen MR) is 147 cm³/mol. The van der Waals surface area contributed by atoms with Crippen molar-refractivity contribution in [2.75, 3.05) is 33.5 Å². The van der Waals surface area contributed by atoms with Gasteiger partial charge >= 0.3 is 11.9 Å². The van der Waals surface area contributed by atoms with E-state index in [4.69, 9.17) is 18.9 Å². The van der Waals surface area contributed by atoms with Crippen LogP contribution in [0.1, 0.15) is 142 Å². The van der Waals surface area contributed by atoms with Crippen LogP contribution in [0.5, 0.6) is 0 Å². The van der Waals surface area contributed by atoms with Gasteiger partial charge in [0, 0.05) is 20.0 Å². The van der Waals surface area contributed by atoms with Gasteiger partial charge < -0.3 is 18.9 Å². The largest absolute Gasteiger partial charge is 0.462 e. The summed E-state index contributed by atoms with van der Waals surface area (Å²) in [5.41, 5.74) is 0. The fourth-order valence-corrected chi connectivity index (χ4v) is 4.14. The Morgan fingerprint density at radius 1 is 0.556 bits per heavy atom. The number of carbonyl (C=O) groups is 2. The summed E-state index contributed by atoms with van der Waals surface area (Å²) >= 11 is 0. The number of esters is 2. The zero-order valence-corrected chi connectivity index (χ0v) is 24.0. The highest BCUT2D eigenvalue weighted by molar-refractivity contribution is 5.70. The second-order valence-electron chi connectivity index (χ2n) is 10.0. The first-order chi connectivity index (χ1) is 17.6. The van der Waals surface area contributed by atoms with E-state index < -0.39 is 6.10 Å². The van der Waals surface area contributed by atoms with Crippen molar-refractivity contribution in [3.05, 3.63) is 0 Å². The smallest absolute Gasteiger partial charge is 0.306 e. The maximum Gasteiger partial charge on any atom is 0.306 e. The van der Waals surface area contributed by atoms with Gasteiger partial charge in [-0.25, -0.2) is 0 Å². The Balaban J connectivity index is 4.01. The van der Waals surface area contributed by atoms with Crippen LogP contribution in [0.2, 0.25) is 0 Å². The molecule has 36 heavy (non-hydrogen) atoms. The van der Waals surface area contributed by atoms with Gasteiger partial charge in [0.1, 0.15) is 6.61 Å². The summed E-state index contributed by atoms with van der Waals surface area (Å²) < 4.78 is 21.5. The molecule has 0 aromatic carbocycles. The molecular weight excluding hydrogens is 456 g/mol. The third-order valence-corrected chi connectivity index (χ3v) is 6.43. The van der Waals surface area contributed by atoms with Gasteiger partial charge in [-0.1, -0.05) is 117 Å². The summed E-state index contributed by atoms with van der Waals surface area (Å²) in [4.78, 5) is 24.5. The van der Waals surface area contributed by atoms with Crippen LogP contribution in [0, 0.1) is 0 Å². The van der Waals surface area contributed by atoms with E-state index >= 15 is 0 Å². The molecule has 0 saturated carbocycles. The zero-order chi connectivity index (χ0) is 26.5. The summed E-state index contributed by atoms with van der Waals surface area (Å²) in [7, 11) is 1.61. The lowest BCUT2D eigenvalue weighted by Crippen LogP contribution is -2.30. The maximum absolute atomic E-state index is 12.3. The van der Waals surface area contributed by atoms with Crippen LogP contribution in [-0.4, -0.2) is 51.6 Å². The molecule has 6 heteroatoms. The topological polar surface area (TPSA) is 71.1 Å². The van der Waals surface area contributed by atoms with Crippen molar-refractivity contribution >= 4 is 11.9 Å². The Morgan fingerprint density at radius 3 is 1.47 bits per heavy atom. The molecule has 0 unspecified atom stereocenters. The molecule has 0 rings (SSSR count). The molecule has 214 valence electrons. The molecule has 0 aliphatic carbocycles. The van der Waals surface area contributed by atoms with Gasteiger partial charge in [0.2, 0.25) is 0 Å². The van der Waals surface area contributed by atoms with E-state index in [9.17, 15) is 9.59 Å². The third kappa shape index (κ3) is 25.9. The number of hydrogen-bond acceptors (Lipinski definition) is 6. The van der Waals surface area contributed by atoms with Crippen LogP contribution in [0.15, 0.2) is 0 Å². The van der Waals surface area contributed by atoms with Crippen molar-refractivity contribution in [2.45, 2.75) is 148 Å². The quantitative estimate of drug-likeness (QED) is 0.0779. The Labute approximate surface area is 222 Å². The van der Waals surface area contributed by atoms with Crippen molar-refractivity contribution in [2.24, 2.45) is 0 Å².